The van der Waals surface area contributed by atoms with Gasteiger partial charge in [0.05, 0.1) is 23.4 Å². The second-order valence-corrected chi connectivity index (χ2v) is 12.4. The number of pyridine rings is 1. The van der Waals surface area contributed by atoms with Gasteiger partial charge in [0.1, 0.15) is 35.0 Å². The molecule has 2 aliphatic heterocycles. The van der Waals surface area contributed by atoms with Gasteiger partial charge < -0.3 is 23.3 Å². The van der Waals surface area contributed by atoms with Crippen molar-refractivity contribution in [2.75, 3.05) is 11.5 Å². The number of aryl methyl sites for hydroxylation is 1. The monoisotopic (exact) mass is 579 g/mol. The summed E-state index contributed by atoms with van der Waals surface area (Å²) in [6.45, 7) is 13.2. The molecule has 2 amide bonds. The number of ether oxygens (including phenoxy) is 2. The first-order valence-electron chi connectivity index (χ1n) is 13.9. The van der Waals surface area contributed by atoms with E-state index in [0.29, 0.717) is 30.9 Å². The van der Waals surface area contributed by atoms with E-state index in [2.05, 4.69) is 15.2 Å². The molecule has 2 bridgehead atoms. The van der Waals surface area contributed by atoms with E-state index in [1.165, 1.54) is 12.1 Å². The highest BCUT2D eigenvalue weighted by Crippen LogP contribution is 2.37. The predicted molar refractivity (Wildman–Crippen MR) is 153 cm³/mol. The van der Waals surface area contributed by atoms with Gasteiger partial charge in [-0.05, 0) is 79.5 Å². The van der Waals surface area contributed by atoms with E-state index in [9.17, 15) is 9.59 Å². The van der Waals surface area contributed by atoms with Crippen LogP contribution in [0.5, 0.6) is 5.75 Å². The number of rotatable bonds is 1. The summed E-state index contributed by atoms with van der Waals surface area (Å²) in [4.78, 5) is 33.4. The van der Waals surface area contributed by atoms with E-state index >= 15 is 4.39 Å². The molecule has 1 aromatic carbocycles. The number of carbonyl (C=O) groups excluding carboxylic acids is 2. The maximum absolute atomic E-state index is 15.6. The van der Waals surface area contributed by atoms with Crippen molar-refractivity contribution in [3.05, 3.63) is 48.0 Å². The highest BCUT2D eigenvalue weighted by atomic mass is 19.1. The van der Waals surface area contributed by atoms with Crippen LogP contribution in [0.15, 0.2) is 36.7 Å². The lowest BCUT2D eigenvalue weighted by molar-refractivity contribution is 0.00578. The van der Waals surface area contributed by atoms with Gasteiger partial charge in [0.25, 0.3) is 5.91 Å². The zero-order chi connectivity index (χ0) is 30.4. The molecule has 0 unspecified atom stereocenters. The fraction of sp³-hybridized carbons (Fsp3) is 0.483. The molecule has 0 saturated carbocycles. The summed E-state index contributed by atoms with van der Waals surface area (Å²) in [7, 11) is -1.09. The van der Waals surface area contributed by atoms with Gasteiger partial charge in [-0.2, -0.15) is 4.90 Å². The zero-order valence-electron chi connectivity index (χ0n) is 24.9. The maximum atomic E-state index is 15.6. The number of imide groups is 1. The minimum atomic E-state index is -1.09. The minimum absolute atomic E-state index is 0.00409. The number of carbonyl (C=O) groups is 2. The summed E-state index contributed by atoms with van der Waals surface area (Å²) in [5, 5.41) is 8.22. The highest BCUT2D eigenvalue weighted by molar-refractivity contribution is 6.62. The van der Waals surface area contributed by atoms with E-state index in [-0.39, 0.29) is 29.2 Å². The van der Waals surface area contributed by atoms with Crippen molar-refractivity contribution in [3.63, 3.8) is 0 Å². The number of hydrogen-bond acceptors (Lipinski definition) is 9. The molecule has 0 aliphatic carbocycles. The Labute approximate surface area is 244 Å². The van der Waals surface area contributed by atoms with Crippen LogP contribution < -0.4 is 15.1 Å². The van der Waals surface area contributed by atoms with Crippen molar-refractivity contribution in [1.29, 1.82) is 0 Å². The molecule has 1 saturated heterocycles. The standard InChI is InChI=1S/C29H35BFN5O6/c1-27(2,3)40-26(38)36-23-12-10-11-21(33-23)24-34-32-17-35(24)13-8-9-14-39-22-16-20(31)19(15-18(22)25(36)37)30-41-28(4,5)29(6,7)42-30/h10-12,15-17H,8-9,13-14H2,1-7H3. The van der Waals surface area contributed by atoms with Crippen LogP contribution in [-0.2, 0) is 20.6 Å². The van der Waals surface area contributed by atoms with Crippen molar-refractivity contribution in [2.45, 2.75) is 84.7 Å². The lowest BCUT2D eigenvalue weighted by atomic mass is 9.77. The third kappa shape index (κ3) is 5.75. The van der Waals surface area contributed by atoms with Crippen molar-refractivity contribution in [3.8, 4) is 17.3 Å². The Kier molecular flexibility index (Phi) is 7.61. The first-order chi connectivity index (χ1) is 19.7. The average molecular weight is 579 g/mol. The number of fused-ring (bicyclic) bond motifs is 5. The van der Waals surface area contributed by atoms with E-state index in [4.69, 9.17) is 18.8 Å². The predicted octanol–water partition coefficient (Wildman–Crippen LogP) is 4.53. The summed E-state index contributed by atoms with van der Waals surface area (Å²) >= 11 is 0. The molecule has 3 aromatic rings. The summed E-state index contributed by atoms with van der Waals surface area (Å²) in [6.07, 6.45) is 1.93. The summed E-state index contributed by atoms with van der Waals surface area (Å²) in [6, 6.07) is 7.34. The molecule has 5 rings (SSSR count). The normalized spacial score (nSPS) is 18.5. The number of amides is 2. The smallest absolute Gasteiger partial charge is 0.493 e. The van der Waals surface area contributed by atoms with Crippen LogP contribution in [0.2, 0.25) is 0 Å². The Bertz CT molecular complexity index is 1500. The van der Waals surface area contributed by atoms with Gasteiger partial charge >= 0.3 is 13.2 Å². The second-order valence-electron chi connectivity index (χ2n) is 12.4. The molecule has 2 aromatic heterocycles. The molecule has 222 valence electrons. The molecule has 13 heteroatoms. The van der Waals surface area contributed by atoms with Crippen LogP contribution >= 0.6 is 0 Å². The van der Waals surface area contributed by atoms with Gasteiger partial charge in [-0.15, -0.1) is 10.2 Å². The fourth-order valence-corrected chi connectivity index (χ4v) is 4.57. The van der Waals surface area contributed by atoms with Gasteiger partial charge in [0.2, 0.25) is 0 Å². The molecule has 42 heavy (non-hydrogen) atoms. The summed E-state index contributed by atoms with van der Waals surface area (Å²) in [5.41, 5.74) is -2.07. The van der Waals surface area contributed by atoms with Crippen LogP contribution in [0.25, 0.3) is 11.5 Å². The topological polar surface area (TPSA) is 118 Å². The average Bonchev–Trinajstić information content (AvgIpc) is 3.43. The number of benzene rings is 1. The summed E-state index contributed by atoms with van der Waals surface area (Å²) in [5.74, 6) is -1.04. The van der Waals surface area contributed by atoms with Gasteiger partial charge in [-0.25, -0.2) is 14.2 Å². The van der Waals surface area contributed by atoms with E-state index in [0.717, 1.165) is 11.0 Å². The van der Waals surface area contributed by atoms with Crippen molar-refractivity contribution < 1.29 is 32.8 Å². The van der Waals surface area contributed by atoms with E-state index < -0.39 is 41.7 Å². The number of aromatic nitrogens is 4. The third-order valence-electron chi connectivity index (χ3n) is 7.47. The Morgan fingerprint density at radius 3 is 2.50 bits per heavy atom. The van der Waals surface area contributed by atoms with E-state index in [1.807, 2.05) is 32.3 Å². The number of nitrogens with zero attached hydrogens (tertiary/aromatic N) is 5. The van der Waals surface area contributed by atoms with Crippen LogP contribution in [0.4, 0.5) is 15.0 Å². The van der Waals surface area contributed by atoms with Crippen molar-refractivity contribution in [1.82, 2.24) is 19.7 Å². The third-order valence-corrected chi connectivity index (χ3v) is 7.47. The molecule has 0 N–H and O–H groups in total. The number of hydrogen-bond donors (Lipinski definition) is 0. The molecule has 1 fully saturated rings. The van der Waals surface area contributed by atoms with Crippen molar-refractivity contribution in [2.24, 2.45) is 0 Å². The lowest BCUT2D eigenvalue weighted by Crippen LogP contribution is -2.43. The van der Waals surface area contributed by atoms with Crippen LogP contribution in [0.1, 0.15) is 71.7 Å². The molecular formula is C29H35BFN5O6. The maximum Gasteiger partial charge on any atom is 0.497 e. The van der Waals surface area contributed by atoms with Gasteiger partial charge in [0.15, 0.2) is 5.82 Å². The molecule has 4 heterocycles. The summed E-state index contributed by atoms with van der Waals surface area (Å²) < 4.78 is 41.2. The molecule has 0 spiro atoms. The number of anilines is 1. The zero-order valence-corrected chi connectivity index (χ0v) is 24.9. The number of halogens is 1. The Hall–Kier alpha value is -3.84. The largest absolute Gasteiger partial charge is 0.497 e. The SMILES string of the molecule is CC(C)(C)OC(=O)N1C(=O)c2cc(B3OC(C)(C)C(C)(C)O3)c(F)cc2OCCCCn2cnnc2-c2cccc1n2. The van der Waals surface area contributed by atoms with Crippen molar-refractivity contribution >= 4 is 30.4 Å². The first-order valence-corrected chi connectivity index (χ1v) is 13.9. The van der Waals surface area contributed by atoms with Gasteiger partial charge in [-0.3, -0.25) is 4.79 Å². The van der Waals surface area contributed by atoms with E-state index in [1.54, 1.807) is 39.2 Å². The highest BCUT2D eigenvalue weighted by Gasteiger charge is 2.52. The first kappa shape index (κ1) is 29.7. The Balaban J connectivity index is 1.66. The quantitative estimate of drug-likeness (QED) is 0.383. The molecule has 2 aliphatic rings. The molecule has 0 atom stereocenters. The van der Waals surface area contributed by atoms with Crippen LogP contribution in [0, 0.1) is 5.82 Å². The molecule has 11 nitrogen and oxygen atoms in total. The second kappa shape index (κ2) is 10.8. The van der Waals surface area contributed by atoms with Gasteiger partial charge in [-0.1, -0.05) is 6.07 Å². The molecular weight excluding hydrogens is 544 g/mol. The minimum Gasteiger partial charge on any atom is -0.493 e. The van der Waals surface area contributed by atoms with Gasteiger partial charge in [0, 0.05) is 18.1 Å². The van der Waals surface area contributed by atoms with Crippen LogP contribution in [0.3, 0.4) is 0 Å². The fourth-order valence-electron chi connectivity index (χ4n) is 4.57. The Morgan fingerprint density at radius 1 is 1.10 bits per heavy atom. The molecule has 0 radical (unpaired) electrons. The Morgan fingerprint density at radius 2 is 1.81 bits per heavy atom. The lowest BCUT2D eigenvalue weighted by Gasteiger charge is -2.32. The van der Waals surface area contributed by atoms with Crippen LogP contribution in [-0.4, -0.2) is 62.3 Å².